The average molecular weight is 402 g/mol. The van der Waals surface area contributed by atoms with Gasteiger partial charge in [0.2, 0.25) is 9.84 Å². The molecule has 0 saturated heterocycles. The van der Waals surface area contributed by atoms with Crippen molar-refractivity contribution in [2.24, 2.45) is 0 Å². The zero-order valence-corrected chi connectivity index (χ0v) is 16.3. The van der Waals surface area contributed by atoms with Gasteiger partial charge in [0.25, 0.3) is 0 Å². The molecule has 5 heteroatoms. The van der Waals surface area contributed by atoms with Gasteiger partial charge in [0.05, 0.1) is 10.8 Å². The molecule has 0 saturated carbocycles. The first kappa shape index (κ1) is 21.8. The Kier molecular flexibility index (Phi) is 8.51. The van der Waals surface area contributed by atoms with Gasteiger partial charge in [-0.3, -0.25) is 0 Å². The van der Waals surface area contributed by atoms with Crippen LogP contribution in [0.1, 0.15) is 22.3 Å². The zero-order valence-electron chi connectivity index (χ0n) is 15.5. The fourth-order valence-electron chi connectivity index (χ4n) is 2.21. The lowest BCUT2D eigenvalue weighted by Crippen LogP contribution is -1.86. The van der Waals surface area contributed by atoms with E-state index in [1.807, 2.05) is 0 Å². The third-order valence-corrected chi connectivity index (χ3v) is 4.40. The first-order valence-corrected chi connectivity index (χ1v) is 10.1. The summed E-state index contributed by atoms with van der Waals surface area (Å²) >= 11 is 0. The Morgan fingerprint density at radius 1 is 0.724 bits per heavy atom. The zero-order chi connectivity index (χ0) is 21.0. The molecular weight excluding hydrogens is 384 g/mol. The van der Waals surface area contributed by atoms with Crippen LogP contribution in [0.25, 0.3) is 12.2 Å². The molecule has 2 rings (SSSR count). The lowest BCUT2D eigenvalue weighted by Gasteiger charge is -1.96. The second-order valence-electron chi connectivity index (χ2n) is 5.54. The molecule has 0 amide bonds. The Hall–Kier alpha value is -3.53. The van der Waals surface area contributed by atoms with Gasteiger partial charge in [-0.2, -0.15) is 0 Å². The van der Waals surface area contributed by atoms with Crippen molar-refractivity contribution in [2.75, 3.05) is 13.2 Å². The van der Waals surface area contributed by atoms with Crippen LogP contribution in [0.15, 0.2) is 70.8 Å². The minimum absolute atomic E-state index is 0.256. The van der Waals surface area contributed by atoms with Crippen molar-refractivity contribution < 1.29 is 18.6 Å². The van der Waals surface area contributed by atoms with Crippen LogP contribution in [0.2, 0.25) is 0 Å². The second kappa shape index (κ2) is 11.3. The number of benzene rings is 2. The summed E-state index contributed by atoms with van der Waals surface area (Å²) < 4.78 is 24.3. The number of aliphatic hydroxyl groups is 2. The smallest absolute Gasteiger partial charge is 0.207 e. The fraction of sp³-hybridized carbons (Fsp3) is 0.0833. The number of sulfone groups is 1. The molecule has 0 aliphatic rings. The standard InChI is InChI=1S/C24H18O4S/c25-17-5-13-21-9-1-3-11-23(21)15-7-19-29(27,28)20-8-16-24-12-4-2-10-22(24)14-6-18-26/h1-4,9-12,15-16,19-20,25-26H,17-18H2. The topological polar surface area (TPSA) is 74.6 Å². The van der Waals surface area contributed by atoms with Gasteiger partial charge in [-0.1, -0.05) is 60.1 Å². The third kappa shape index (κ3) is 7.54. The largest absolute Gasteiger partial charge is 0.384 e. The molecular formula is C24H18O4S. The Morgan fingerprint density at radius 3 is 1.55 bits per heavy atom. The van der Waals surface area contributed by atoms with E-state index in [1.165, 1.54) is 12.2 Å². The van der Waals surface area contributed by atoms with Gasteiger partial charge in [-0.15, -0.1) is 11.5 Å². The van der Waals surface area contributed by atoms with Gasteiger partial charge in [0.15, 0.2) is 0 Å². The molecule has 0 fully saturated rings. The molecule has 0 aliphatic heterocycles. The predicted octanol–water partition coefficient (Wildman–Crippen LogP) is 2.74. The minimum atomic E-state index is -3.67. The predicted molar refractivity (Wildman–Crippen MR) is 115 cm³/mol. The highest BCUT2D eigenvalue weighted by atomic mass is 32.2. The van der Waals surface area contributed by atoms with Crippen molar-refractivity contribution in [3.8, 4) is 23.7 Å². The third-order valence-electron chi connectivity index (χ3n) is 3.47. The average Bonchev–Trinajstić information content (AvgIpc) is 2.72. The summed E-state index contributed by atoms with van der Waals surface area (Å²) in [4.78, 5) is 0. The molecule has 29 heavy (non-hydrogen) atoms. The minimum Gasteiger partial charge on any atom is -0.384 e. The van der Waals surface area contributed by atoms with E-state index in [4.69, 9.17) is 10.2 Å². The Bertz CT molecular complexity index is 1130. The van der Waals surface area contributed by atoms with Crippen molar-refractivity contribution in [1.29, 1.82) is 0 Å². The number of hydrogen-bond acceptors (Lipinski definition) is 4. The van der Waals surface area contributed by atoms with Crippen molar-refractivity contribution >= 4 is 22.0 Å². The lowest BCUT2D eigenvalue weighted by atomic mass is 10.1. The molecule has 0 bridgehead atoms. The quantitative estimate of drug-likeness (QED) is 0.609. The van der Waals surface area contributed by atoms with Crippen LogP contribution in [0.4, 0.5) is 0 Å². The molecule has 2 aromatic carbocycles. The van der Waals surface area contributed by atoms with E-state index in [0.29, 0.717) is 22.3 Å². The van der Waals surface area contributed by atoms with E-state index in [1.54, 1.807) is 48.5 Å². The Labute approximate surface area is 170 Å². The van der Waals surface area contributed by atoms with Crippen LogP contribution in [0.3, 0.4) is 0 Å². The van der Waals surface area contributed by atoms with Gasteiger partial charge in [0.1, 0.15) is 13.2 Å². The highest BCUT2D eigenvalue weighted by molar-refractivity contribution is 7.97. The van der Waals surface area contributed by atoms with Gasteiger partial charge in [-0.25, -0.2) is 8.42 Å². The van der Waals surface area contributed by atoms with Crippen molar-refractivity contribution in [2.45, 2.75) is 0 Å². The van der Waals surface area contributed by atoms with Gasteiger partial charge < -0.3 is 10.2 Å². The normalized spacial score (nSPS) is 9.45. The Balaban J connectivity index is 2.25. The summed E-state index contributed by atoms with van der Waals surface area (Å²) in [6.45, 7) is -0.512. The van der Waals surface area contributed by atoms with E-state index in [9.17, 15) is 8.42 Å². The van der Waals surface area contributed by atoms with Crippen LogP contribution >= 0.6 is 0 Å². The van der Waals surface area contributed by atoms with E-state index >= 15 is 0 Å². The van der Waals surface area contributed by atoms with Crippen LogP contribution in [-0.4, -0.2) is 31.8 Å². The maximum Gasteiger partial charge on any atom is 0.207 e. The van der Waals surface area contributed by atoms with Crippen LogP contribution < -0.4 is 0 Å². The summed E-state index contributed by atoms with van der Waals surface area (Å²) in [6.07, 6.45) is 3.02. The number of aliphatic hydroxyl groups excluding tert-OH is 2. The van der Waals surface area contributed by atoms with Crippen molar-refractivity contribution in [3.05, 3.63) is 93.1 Å². The lowest BCUT2D eigenvalue weighted by molar-refractivity contribution is 0.350. The molecule has 0 heterocycles. The van der Waals surface area contributed by atoms with E-state index in [2.05, 4.69) is 35.1 Å². The fourth-order valence-corrected chi connectivity index (χ4v) is 2.80. The maximum absolute atomic E-state index is 12.1. The number of rotatable bonds is 4. The maximum atomic E-state index is 12.1. The van der Waals surface area contributed by atoms with Crippen molar-refractivity contribution in [3.63, 3.8) is 0 Å². The second-order valence-corrected chi connectivity index (χ2v) is 7.19. The van der Waals surface area contributed by atoms with Gasteiger partial charge >= 0.3 is 0 Å². The van der Waals surface area contributed by atoms with E-state index in [-0.39, 0.29) is 13.2 Å². The summed E-state index contributed by atoms with van der Waals surface area (Å²) in [6, 6.07) is 14.3. The summed E-state index contributed by atoms with van der Waals surface area (Å²) in [5.74, 6) is 10.7. The Morgan fingerprint density at radius 2 is 1.14 bits per heavy atom. The molecule has 0 spiro atoms. The first-order valence-electron chi connectivity index (χ1n) is 8.53. The molecule has 0 radical (unpaired) electrons. The molecule has 144 valence electrons. The van der Waals surface area contributed by atoms with E-state index < -0.39 is 9.84 Å². The molecule has 2 aromatic rings. The molecule has 4 nitrogen and oxygen atoms in total. The van der Waals surface area contributed by atoms with Gasteiger partial charge in [-0.05, 0) is 35.4 Å². The summed E-state index contributed by atoms with van der Waals surface area (Å²) in [5.41, 5.74) is 7.99. The van der Waals surface area contributed by atoms with Crippen molar-refractivity contribution in [1.82, 2.24) is 0 Å². The monoisotopic (exact) mass is 402 g/mol. The number of hydrogen-bond donors (Lipinski definition) is 2. The SMILES string of the molecule is O=S(=O)(C=C=Cc1ccccc1C#CCO)C=C=Cc1ccccc1C#CCO. The molecule has 2 N–H and O–H groups in total. The summed E-state index contributed by atoms with van der Waals surface area (Å²) in [7, 11) is -3.67. The highest BCUT2D eigenvalue weighted by Crippen LogP contribution is 2.10. The van der Waals surface area contributed by atoms with E-state index in [0.717, 1.165) is 10.8 Å². The van der Waals surface area contributed by atoms with Gasteiger partial charge in [0, 0.05) is 11.1 Å². The highest BCUT2D eigenvalue weighted by Gasteiger charge is 1.99. The summed E-state index contributed by atoms with van der Waals surface area (Å²) in [5, 5.41) is 19.5. The van der Waals surface area contributed by atoms with Crippen LogP contribution in [0.5, 0.6) is 0 Å². The molecule has 0 atom stereocenters. The molecule has 0 aliphatic carbocycles. The molecule has 0 unspecified atom stereocenters. The van der Waals surface area contributed by atoms with Crippen LogP contribution in [0, 0.1) is 23.7 Å². The molecule has 0 aromatic heterocycles. The first-order chi connectivity index (χ1) is 14.1. The van der Waals surface area contributed by atoms with Crippen LogP contribution in [-0.2, 0) is 9.84 Å².